The third-order valence-electron chi connectivity index (χ3n) is 3.26. The van der Waals surface area contributed by atoms with Crippen LogP contribution in [0.2, 0.25) is 0 Å². The Bertz CT molecular complexity index is 219. The van der Waals surface area contributed by atoms with Crippen LogP contribution in [-0.2, 0) is 0 Å². The van der Waals surface area contributed by atoms with Gasteiger partial charge in [0.05, 0.1) is 0 Å². The second kappa shape index (κ2) is 2.20. The number of aliphatic imine (C=N–C) groups is 1. The minimum atomic E-state index is 0.186. The molecule has 0 saturated carbocycles. The van der Waals surface area contributed by atoms with Crippen molar-refractivity contribution in [3.63, 3.8) is 0 Å². The van der Waals surface area contributed by atoms with Crippen LogP contribution < -0.4 is 0 Å². The van der Waals surface area contributed by atoms with Crippen molar-refractivity contribution in [3.8, 4) is 0 Å². The predicted octanol–water partition coefficient (Wildman–Crippen LogP) is 3.03. The molecule has 0 saturated heterocycles. The van der Waals surface area contributed by atoms with Gasteiger partial charge in [0.15, 0.2) is 0 Å². The molecule has 0 unspecified atom stereocenters. The highest BCUT2D eigenvalue weighted by molar-refractivity contribution is 5.69. The van der Waals surface area contributed by atoms with Crippen molar-refractivity contribution in [1.82, 2.24) is 0 Å². The smallest absolute Gasteiger partial charge is 0.0259 e. The average Bonchev–Trinajstić information content (AvgIpc) is 1.84. The molecule has 0 spiro atoms. The number of allylic oxidation sites excluding steroid dienone is 1. The van der Waals surface area contributed by atoms with E-state index < -0.39 is 0 Å². The Morgan fingerprint density at radius 2 is 1.73 bits per heavy atom. The molecule has 0 amide bonds. The van der Waals surface area contributed by atoms with Gasteiger partial charge in [-0.05, 0) is 17.9 Å². The van der Waals surface area contributed by atoms with Crippen LogP contribution in [0.25, 0.3) is 0 Å². The fourth-order valence-corrected chi connectivity index (χ4v) is 1.17. The molecule has 0 radical (unpaired) electrons. The minimum absolute atomic E-state index is 0.186. The molecular formula is C10H17N. The first kappa shape index (κ1) is 8.51. The first-order chi connectivity index (χ1) is 4.88. The minimum Gasteiger partial charge on any atom is -0.269 e. The summed E-state index contributed by atoms with van der Waals surface area (Å²) in [5.41, 5.74) is 1.80. The van der Waals surface area contributed by atoms with Crippen molar-refractivity contribution in [2.45, 2.75) is 34.6 Å². The molecule has 0 bridgehead atoms. The molecule has 0 aromatic heterocycles. The topological polar surface area (TPSA) is 12.4 Å². The highest BCUT2D eigenvalue weighted by Crippen LogP contribution is 2.44. The Labute approximate surface area is 69.2 Å². The monoisotopic (exact) mass is 151 g/mol. The summed E-state index contributed by atoms with van der Waals surface area (Å²) in [6, 6.07) is 0. The zero-order valence-electron chi connectivity index (χ0n) is 8.10. The van der Waals surface area contributed by atoms with Crippen LogP contribution >= 0.6 is 0 Å². The molecule has 0 N–H and O–H groups in total. The van der Waals surface area contributed by atoms with Crippen LogP contribution in [0.1, 0.15) is 34.6 Å². The van der Waals surface area contributed by atoms with Crippen LogP contribution in [0.4, 0.5) is 0 Å². The van der Waals surface area contributed by atoms with E-state index in [0.717, 1.165) is 0 Å². The third-order valence-corrected chi connectivity index (χ3v) is 3.26. The van der Waals surface area contributed by atoms with Crippen molar-refractivity contribution in [2.24, 2.45) is 15.8 Å². The lowest BCUT2D eigenvalue weighted by Gasteiger charge is -2.41. The van der Waals surface area contributed by atoms with E-state index in [2.05, 4.69) is 39.6 Å². The van der Waals surface area contributed by atoms with Crippen LogP contribution in [0.15, 0.2) is 16.8 Å². The van der Waals surface area contributed by atoms with Crippen molar-refractivity contribution >= 4 is 6.21 Å². The van der Waals surface area contributed by atoms with Gasteiger partial charge in [-0.25, -0.2) is 0 Å². The molecule has 62 valence electrons. The molecule has 0 aromatic carbocycles. The van der Waals surface area contributed by atoms with E-state index in [1.807, 2.05) is 12.4 Å². The van der Waals surface area contributed by atoms with E-state index in [9.17, 15) is 0 Å². The lowest BCUT2D eigenvalue weighted by molar-refractivity contribution is 0.241. The average molecular weight is 151 g/mol. The molecule has 1 aliphatic rings. The summed E-state index contributed by atoms with van der Waals surface area (Å²) in [6.45, 7) is 11.1. The lowest BCUT2D eigenvalue weighted by Crippen LogP contribution is -2.36. The molecule has 11 heavy (non-hydrogen) atoms. The molecule has 0 fully saturated rings. The van der Waals surface area contributed by atoms with E-state index >= 15 is 0 Å². The van der Waals surface area contributed by atoms with Gasteiger partial charge < -0.3 is 0 Å². The number of hydrogen-bond donors (Lipinski definition) is 0. The van der Waals surface area contributed by atoms with Gasteiger partial charge in [-0.3, -0.25) is 4.99 Å². The molecular weight excluding hydrogens is 134 g/mol. The van der Waals surface area contributed by atoms with Gasteiger partial charge >= 0.3 is 0 Å². The Kier molecular flexibility index (Phi) is 1.70. The van der Waals surface area contributed by atoms with Crippen molar-refractivity contribution in [3.05, 3.63) is 11.8 Å². The van der Waals surface area contributed by atoms with E-state index in [0.29, 0.717) is 0 Å². The van der Waals surface area contributed by atoms with Crippen molar-refractivity contribution in [2.75, 3.05) is 0 Å². The maximum atomic E-state index is 4.22. The first-order valence-corrected chi connectivity index (χ1v) is 4.09. The summed E-state index contributed by atoms with van der Waals surface area (Å²) in [6.07, 6.45) is 4.01. The van der Waals surface area contributed by atoms with Crippen LogP contribution in [0.5, 0.6) is 0 Å². The zero-order chi connectivity index (χ0) is 8.70. The summed E-state index contributed by atoms with van der Waals surface area (Å²) in [4.78, 5) is 4.22. The van der Waals surface area contributed by atoms with Gasteiger partial charge in [0.1, 0.15) is 0 Å². The zero-order valence-corrected chi connectivity index (χ0v) is 8.10. The molecule has 1 nitrogen and oxygen atoms in total. The molecule has 1 heterocycles. The molecule has 1 heteroatoms. The maximum Gasteiger partial charge on any atom is 0.0259 e. The molecule has 0 atom stereocenters. The molecule has 0 aliphatic carbocycles. The normalized spacial score (nSPS) is 26.5. The number of rotatable bonds is 0. The fourth-order valence-electron chi connectivity index (χ4n) is 1.17. The highest BCUT2D eigenvalue weighted by atomic mass is 14.7. The molecule has 1 rings (SSSR count). The van der Waals surface area contributed by atoms with Gasteiger partial charge in [-0.2, -0.15) is 0 Å². The standard InChI is InChI=1S/C10H17N/c1-8-6-11-7-9(2,3)10(8,4)5/h6-7H,1-5H3. The summed E-state index contributed by atoms with van der Waals surface area (Å²) in [5, 5.41) is 0. The van der Waals surface area contributed by atoms with Gasteiger partial charge in [-0.15, -0.1) is 0 Å². The quantitative estimate of drug-likeness (QED) is 0.504. The van der Waals surface area contributed by atoms with E-state index in [1.54, 1.807) is 0 Å². The summed E-state index contributed by atoms with van der Waals surface area (Å²) in [5.74, 6) is 0. The number of hydrogen-bond acceptors (Lipinski definition) is 1. The molecule has 1 aliphatic heterocycles. The summed E-state index contributed by atoms with van der Waals surface area (Å²) < 4.78 is 0. The first-order valence-electron chi connectivity index (χ1n) is 4.09. The van der Waals surface area contributed by atoms with Crippen LogP contribution in [0.3, 0.4) is 0 Å². The van der Waals surface area contributed by atoms with E-state index in [1.165, 1.54) is 5.57 Å². The Morgan fingerprint density at radius 3 is 2.09 bits per heavy atom. The summed E-state index contributed by atoms with van der Waals surface area (Å²) in [7, 11) is 0. The van der Waals surface area contributed by atoms with Crippen LogP contribution in [-0.4, -0.2) is 6.21 Å². The van der Waals surface area contributed by atoms with Gasteiger partial charge in [-0.1, -0.05) is 27.7 Å². The van der Waals surface area contributed by atoms with Crippen molar-refractivity contribution < 1.29 is 0 Å². The largest absolute Gasteiger partial charge is 0.269 e. The highest BCUT2D eigenvalue weighted by Gasteiger charge is 2.38. The SMILES string of the molecule is CC1=CN=CC(C)(C)C1(C)C. The Balaban J connectivity index is 3.09. The maximum absolute atomic E-state index is 4.22. The van der Waals surface area contributed by atoms with Gasteiger partial charge in [0.25, 0.3) is 0 Å². The Hall–Kier alpha value is -0.590. The third kappa shape index (κ3) is 1.13. The second-order valence-corrected chi connectivity index (χ2v) is 4.44. The fraction of sp³-hybridized carbons (Fsp3) is 0.700. The van der Waals surface area contributed by atoms with Gasteiger partial charge in [0.2, 0.25) is 0 Å². The molecule has 0 aromatic rings. The van der Waals surface area contributed by atoms with Crippen LogP contribution in [0, 0.1) is 10.8 Å². The second-order valence-electron chi connectivity index (χ2n) is 4.44. The van der Waals surface area contributed by atoms with Gasteiger partial charge in [0, 0.05) is 17.8 Å². The predicted molar refractivity (Wildman–Crippen MR) is 49.8 cm³/mol. The van der Waals surface area contributed by atoms with Crippen molar-refractivity contribution in [1.29, 1.82) is 0 Å². The van der Waals surface area contributed by atoms with E-state index in [-0.39, 0.29) is 10.8 Å². The summed E-state index contributed by atoms with van der Waals surface area (Å²) >= 11 is 0. The lowest BCUT2D eigenvalue weighted by atomic mass is 9.64. The Morgan fingerprint density at radius 1 is 1.18 bits per heavy atom. The van der Waals surface area contributed by atoms with E-state index in [4.69, 9.17) is 0 Å². The number of nitrogens with zero attached hydrogens (tertiary/aromatic N) is 1.